The Kier molecular flexibility index (Phi) is 4.09. The topological polar surface area (TPSA) is 69.4 Å². The molecule has 2 rings (SSSR count). The second-order valence-corrected chi connectivity index (χ2v) is 4.63. The molecule has 0 radical (unpaired) electrons. The van der Waals surface area contributed by atoms with Gasteiger partial charge in [-0.05, 0) is 46.3 Å². The summed E-state index contributed by atoms with van der Waals surface area (Å²) in [6.45, 7) is 0. The summed E-state index contributed by atoms with van der Waals surface area (Å²) in [5.41, 5.74) is -0.167. The van der Waals surface area contributed by atoms with Crippen LogP contribution in [0.15, 0.2) is 40.9 Å². The van der Waals surface area contributed by atoms with Crippen molar-refractivity contribution < 1.29 is 18.8 Å². The second kappa shape index (κ2) is 5.79. The molecule has 0 unspecified atom stereocenters. The molecule has 0 aromatic heterocycles. The van der Waals surface area contributed by atoms with Crippen LogP contribution in [0.5, 0.6) is 11.5 Å². The predicted molar refractivity (Wildman–Crippen MR) is 72.7 cm³/mol. The molecule has 20 heavy (non-hydrogen) atoms. The molecule has 0 N–H and O–H groups in total. The highest BCUT2D eigenvalue weighted by molar-refractivity contribution is 9.10. The van der Waals surface area contributed by atoms with Gasteiger partial charge in [-0.3, -0.25) is 14.9 Å². The molecule has 0 amide bonds. The van der Waals surface area contributed by atoms with E-state index in [1.807, 2.05) is 0 Å². The number of nitro benzene ring substituents is 1. The number of hydrogen-bond donors (Lipinski definition) is 0. The zero-order valence-corrected chi connectivity index (χ0v) is 11.5. The largest absolute Gasteiger partial charge is 0.450 e. The van der Waals surface area contributed by atoms with E-state index in [-0.39, 0.29) is 27.2 Å². The van der Waals surface area contributed by atoms with Gasteiger partial charge < -0.3 is 4.74 Å². The maximum atomic E-state index is 13.1. The lowest BCUT2D eigenvalue weighted by Crippen LogP contribution is -1.95. The summed E-state index contributed by atoms with van der Waals surface area (Å²) in [6, 6.07) is 7.70. The average molecular weight is 340 g/mol. The third-order valence-electron chi connectivity index (χ3n) is 2.43. The summed E-state index contributed by atoms with van der Waals surface area (Å²) in [7, 11) is 0. The molecule has 0 saturated carbocycles. The Morgan fingerprint density at radius 1 is 1.25 bits per heavy atom. The molecule has 0 aliphatic heterocycles. The lowest BCUT2D eigenvalue weighted by atomic mass is 10.2. The van der Waals surface area contributed by atoms with E-state index in [9.17, 15) is 19.3 Å². The predicted octanol–water partition coefficient (Wildman–Crippen LogP) is 4.10. The van der Waals surface area contributed by atoms with Crippen LogP contribution in [-0.4, -0.2) is 11.2 Å². The zero-order valence-electron chi connectivity index (χ0n) is 9.88. The molecule has 0 aliphatic rings. The van der Waals surface area contributed by atoms with Crippen molar-refractivity contribution >= 4 is 27.9 Å². The number of carbonyl (C=O) groups is 1. The van der Waals surface area contributed by atoms with Gasteiger partial charge in [-0.2, -0.15) is 0 Å². The first kappa shape index (κ1) is 14.1. The van der Waals surface area contributed by atoms with E-state index >= 15 is 0 Å². The summed E-state index contributed by atoms with van der Waals surface area (Å²) < 4.78 is 18.6. The zero-order chi connectivity index (χ0) is 14.7. The molecule has 0 fully saturated rings. The van der Waals surface area contributed by atoms with Crippen molar-refractivity contribution in [3.05, 3.63) is 62.4 Å². The average Bonchev–Trinajstić information content (AvgIpc) is 2.43. The van der Waals surface area contributed by atoms with Gasteiger partial charge >= 0.3 is 5.69 Å². The lowest BCUT2D eigenvalue weighted by Gasteiger charge is -2.07. The van der Waals surface area contributed by atoms with Crippen LogP contribution in [0.4, 0.5) is 10.1 Å². The minimum Gasteiger partial charge on any atom is -0.450 e. The minimum atomic E-state index is -0.652. The van der Waals surface area contributed by atoms with Crippen molar-refractivity contribution in [3.63, 3.8) is 0 Å². The van der Waals surface area contributed by atoms with Gasteiger partial charge in [-0.25, -0.2) is 4.39 Å². The summed E-state index contributed by atoms with van der Waals surface area (Å²) in [6.07, 6.45) is 0.505. The molecule has 0 aliphatic carbocycles. The van der Waals surface area contributed by atoms with Gasteiger partial charge in [0, 0.05) is 11.6 Å². The van der Waals surface area contributed by atoms with Crippen LogP contribution in [-0.2, 0) is 0 Å². The molecular formula is C13H7BrFNO4. The molecule has 102 valence electrons. The van der Waals surface area contributed by atoms with Crippen molar-refractivity contribution in [1.29, 1.82) is 0 Å². The van der Waals surface area contributed by atoms with E-state index in [0.29, 0.717) is 6.29 Å². The van der Waals surface area contributed by atoms with Crippen LogP contribution in [0.3, 0.4) is 0 Å². The fourth-order valence-electron chi connectivity index (χ4n) is 1.50. The molecule has 0 bridgehead atoms. The van der Waals surface area contributed by atoms with Gasteiger partial charge in [0.05, 0.1) is 9.40 Å². The Bertz CT molecular complexity index is 690. The Hall–Kier alpha value is -2.28. The van der Waals surface area contributed by atoms with Gasteiger partial charge in [0.2, 0.25) is 5.75 Å². The Labute approximate surface area is 121 Å². The van der Waals surface area contributed by atoms with Crippen LogP contribution >= 0.6 is 15.9 Å². The number of aldehydes is 1. The highest BCUT2D eigenvalue weighted by Gasteiger charge is 2.17. The van der Waals surface area contributed by atoms with E-state index in [0.717, 1.165) is 6.07 Å². The van der Waals surface area contributed by atoms with Crippen LogP contribution in [0.2, 0.25) is 0 Å². The van der Waals surface area contributed by atoms with Crippen LogP contribution in [0, 0.1) is 15.9 Å². The molecule has 2 aromatic rings. The molecule has 0 atom stereocenters. The maximum Gasteiger partial charge on any atom is 0.312 e. The second-order valence-electron chi connectivity index (χ2n) is 3.78. The molecule has 0 heterocycles. The van der Waals surface area contributed by atoms with Crippen molar-refractivity contribution in [2.75, 3.05) is 0 Å². The fraction of sp³-hybridized carbons (Fsp3) is 0. The van der Waals surface area contributed by atoms with E-state index in [4.69, 9.17) is 4.74 Å². The highest BCUT2D eigenvalue weighted by atomic mass is 79.9. The first-order chi connectivity index (χ1) is 9.51. The van der Waals surface area contributed by atoms with Crippen molar-refractivity contribution in [1.82, 2.24) is 0 Å². The van der Waals surface area contributed by atoms with E-state index < -0.39 is 10.7 Å². The first-order valence-electron chi connectivity index (χ1n) is 5.38. The number of ether oxygens (including phenoxy) is 1. The number of nitro groups is 1. The van der Waals surface area contributed by atoms with Gasteiger partial charge in [-0.1, -0.05) is 0 Å². The molecule has 5 nitrogen and oxygen atoms in total. The van der Waals surface area contributed by atoms with Gasteiger partial charge in [0.15, 0.2) is 0 Å². The Balaban J connectivity index is 2.39. The molecule has 0 saturated heterocycles. The third-order valence-corrected chi connectivity index (χ3v) is 3.04. The fourth-order valence-corrected chi connectivity index (χ4v) is 1.86. The molecular weight excluding hydrogens is 333 g/mol. The Morgan fingerprint density at radius 3 is 2.60 bits per heavy atom. The summed E-state index contributed by atoms with van der Waals surface area (Å²) in [5, 5.41) is 10.9. The van der Waals surface area contributed by atoms with E-state index in [1.165, 1.54) is 30.3 Å². The summed E-state index contributed by atoms with van der Waals surface area (Å²) in [4.78, 5) is 20.9. The molecule has 2 aromatic carbocycles. The quantitative estimate of drug-likeness (QED) is 0.477. The van der Waals surface area contributed by atoms with E-state index in [1.54, 1.807) is 0 Å². The number of benzene rings is 2. The number of hydrogen-bond acceptors (Lipinski definition) is 4. The molecule has 7 heteroatoms. The van der Waals surface area contributed by atoms with Gasteiger partial charge in [-0.15, -0.1) is 0 Å². The number of halogens is 2. The van der Waals surface area contributed by atoms with Gasteiger partial charge in [0.25, 0.3) is 0 Å². The van der Waals surface area contributed by atoms with E-state index in [2.05, 4.69) is 15.9 Å². The van der Waals surface area contributed by atoms with Gasteiger partial charge in [0.1, 0.15) is 17.9 Å². The van der Waals surface area contributed by atoms with Crippen molar-refractivity contribution in [2.24, 2.45) is 0 Å². The maximum absolute atomic E-state index is 13.1. The smallest absolute Gasteiger partial charge is 0.312 e. The SMILES string of the molecule is O=Cc1ccc(Oc2ccc(F)c(Br)c2)c([N+](=O)[O-])c1. The van der Waals surface area contributed by atoms with Crippen LogP contribution in [0.25, 0.3) is 0 Å². The summed E-state index contributed by atoms with van der Waals surface area (Å²) >= 11 is 2.99. The normalized spacial score (nSPS) is 10.1. The third kappa shape index (κ3) is 3.00. The minimum absolute atomic E-state index is 0.0286. The highest BCUT2D eigenvalue weighted by Crippen LogP contribution is 2.33. The number of nitrogens with zero attached hydrogens (tertiary/aromatic N) is 1. The Morgan fingerprint density at radius 2 is 2.00 bits per heavy atom. The molecule has 0 spiro atoms. The standard InChI is InChI=1S/C13H7BrFNO4/c14-10-6-9(2-3-11(10)15)20-13-4-1-8(7-17)5-12(13)16(18)19/h1-7H. The first-order valence-corrected chi connectivity index (χ1v) is 6.17. The summed E-state index contributed by atoms with van der Waals surface area (Å²) in [5.74, 6) is -0.262. The lowest BCUT2D eigenvalue weighted by molar-refractivity contribution is -0.385. The number of rotatable bonds is 4. The van der Waals surface area contributed by atoms with Crippen molar-refractivity contribution in [2.45, 2.75) is 0 Å². The van der Waals surface area contributed by atoms with Crippen LogP contribution < -0.4 is 4.74 Å². The monoisotopic (exact) mass is 339 g/mol. The van der Waals surface area contributed by atoms with Crippen LogP contribution in [0.1, 0.15) is 10.4 Å². The number of carbonyl (C=O) groups excluding carboxylic acids is 1. The van der Waals surface area contributed by atoms with Crippen molar-refractivity contribution in [3.8, 4) is 11.5 Å².